The average Bonchev–Trinajstić information content (AvgIpc) is 3.26. The largest absolute Gasteiger partial charge is 0.456 e. The standard InChI is InChI=1S/C26H14BrCl2NO5/c27-13-5-8-15(9-6-13)33-21-12-18-22-24(17-4-2-1-3-16(17)23(18)34-21)35-26(32)30(25(22)31)14-7-10-19(28)20(29)11-14/h1-12,18,23H. The number of aromatic nitrogens is 1. The summed E-state index contributed by atoms with van der Waals surface area (Å²) in [5.74, 6) is -0.292. The Labute approximate surface area is 217 Å². The minimum Gasteiger partial charge on any atom is -0.456 e. The Morgan fingerprint density at radius 1 is 0.943 bits per heavy atom. The van der Waals surface area contributed by atoms with Gasteiger partial charge in [-0.15, -0.1) is 0 Å². The summed E-state index contributed by atoms with van der Waals surface area (Å²) in [7, 11) is 0. The number of rotatable bonds is 3. The molecule has 0 N–H and O–H groups in total. The van der Waals surface area contributed by atoms with E-state index in [1.54, 1.807) is 24.3 Å². The Kier molecular flexibility index (Phi) is 5.36. The zero-order valence-corrected chi connectivity index (χ0v) is 20.8. The minimum atomic E-state index is -0.824. The van der Waals surface area contributed by atoms with Crippen LogP contribution >= 0.6 is 39.1 Å². The maximum Gasteiger partial charge on any atom is 0.426 e. The Hall–Kier alpha value is -3.26. The summed E-state index contributed by atoms with van der Waals surface area (Å²) in [6.07, 6.45) is 1.22. The second kappa shape index (κ2) is 8.45. The lowest BCUT2D eigenvalue weighted by Gasteiger charge is -2.27. The van der Waals surface area contributed by atoms with Gasteiger partial charge in [-0.25, -0.2) is 9.36 Å². The van der Waals surface area contributed by atoms with Crippen molar-refractivity contribution in [2.45, 2.75) is 12.0 Å². The van der Waals surface area contributed by atoms with E-state index in [9.17, 15) is 9.59 Å². The first-order valence-corrected chi connectivity index (χ1v) is 12.1. The van der Waals surface area contributed by atoms with E-state index in [-0.39, 0.29) is 22.4 Å². The summed E-state index contributed by atoms with van der Waals surface area (Å²) in [4.78, 5) is 26.8. The van der Waals surface area contributed by atoms with Crippen molar-refractivity contribution in [2.75, 3.05) is 0 Å². The molecule has 0 radical (unpaired) electrons. The molecule has 2 unspecified atom stereocenters. The van der Waals surface area contributed by atoms with Crippen LogP contribution in [0.5, 0.6) is 5.75 Å². The normalized spacial score (nSPS) is 17.6. The molecule has 6 rings (SSSR count). The van der Waals surface area contributed by atoms with Gasteiger partial charge in [-0.05, 0) is 42.5 Å². The summed E-state index contributed by atoms with van der Waals surface area (Å²) < 4.78 is 19.7. The molecule has 1 aliphatic heterocycles. The van der Waals surface area contributed by atoms with Crippen molar-refractivity contribution in [3.63, 3.8) is 0 Å². The van der Waals surface area contributed by atoms with Crippen LogP contribution in [0.3, 0.4) is 0 Å². The van der Waals surface area contributed by atoms with Gasteiger partial charge in [0, 0.05) is 21.7 Å². The molecule has 0 bridgehead atoms. The summed E-state index contributed by atoms with van der Waals surface area (Å²) >= 11 is 15.6. The highest BCUT2D eigenvalue weighted by atomic mass is 79.9. The van der Waals surface area contributed by atoms with Crippen molar-refractivity contribution in [3.8, 4) is 22.8 Å². The number of nitrogens with zero attached hydrogens (tertiary/aromatic N) is 1. The van der Waals surface area contributed by atoms with E-state index in [1.807, 2.05) is 30.3 Å². The molecule has 1 aromatic heterocycles. The number of hydrogen-bond acceptors (Lipinski definition) is 5. The monoisotopic (exact) mass is 569 g/mol. The Morgan fingerprint density at radius 3 is 2.49 bits per heavy atom. The maximum atomic E-state index is 13.8. The summed E-state index contributed by atoms with van der Waals surface area (Å²) in [5, 5.41) is 0.521. The van der Waals surface area contributed by atoms with E-state index < -0.39 is 23.3 Å². The molecule has 0 amide bonds. The lowest BCUT2D eigenvalue weighted by atomic mass is 9.81. The van der Waals surface area contributed by atoms with E-state index in [4.69, 9.17) is 37.1 Å². The molecule has 3 aromatic carbocycles. The highest BCUT2D eigenvalue weighted by molar-refractivity contribution is 9.10. The van der Waals surface area contributed by atoms with Gasteiger partial charge in [0.25, 0.3) is 11.5 Å². The summed E-state index contributed by atoms with van der Waals surface area (Å²) in [6.45, 7) is 0. The van der Waals surface area contributed by atoms with Gasteiger partial charge in [-0.3, -0.25) is 4.79 Å². The van der Waals surface area contributed by atoms with Crippen molar-refractivity contribution in [1.29, 1.82) is 0 Å². The maximum absolute atomic E-state index is 13.8. The summed E-state index contributed by atoms with van der Waals surface area (Å²) in [5.41, 5.74) is 1.45. The van der Waals surface area contributed by atoms with Gasteiger partial charge in [-0.1, -0.05) is 63.4 Å². The van der Waals surface area contributed by atoms with Gasteiger partial charge >= 0.3 is 5.76 Å². The Balaban J connectivity index is 1.53. The fourth-order valence-electron chi connectivity index (χ4n) is 4.42. The molecule has 35 heavy (non-hydrogen) atoms. The van der Waals surface area contributed by atoms with Crippen LogP contribution in [0.2, 0.25) is 10.0 Å². The Bertz CT molecular complexity index is 1640. The molecule has 0 saturated carbocycles. The molecular formula is C26H14BrCl2NO5. The van der Waals surface area contributed by atoms with Crippen LogP contribution in [0.4, 0.5) is 0 Å². The lowest BCUT2D eigenvalue weighted by Crippen LogP contribution is -2.36. The summed E-state index contributed by atoms with van der Waals surface area (Å²) in [6, 6.07) is 19.2. The molecule has 9 heteroatoms. The van der Waals surface area contributed by atoms with E-state index in [0.717, 1.165) is 14.6 Å². The van der Waals surface area contributed by atoms with Gasteiger partial charge in [-0.2, -0.15) is 0 Å². The fraction of sp³-hybridized carbons (Fsp3) is 0.0769. The molecule has 2 atom stereocenters. The third-order valence-corrected chi connectivity index (χ3v) is 7.24. The minimum absolute atomic E-state index is 0.214. The molecule has 0 spiro atoms. The molecule has 0 saturated heterocycles. The van der Waals surface area contributed by atoms with Crippen LogP contribution in [-0.2, 0) is 4.74 Å². The quantitative estimate of drug-likeness (QED) is 0.277. The van der Waals surface area contributed by atoms with Crippen molar-refractivity contribution >= 4 is 39.1 Å². The van der Waals surface area contributed by atoms with E-state index in [0.29, 0.717) is 21.9 Å². The number of ether oxygens (including phenoxy) is 2. The predicted molar refractivity (Wildman–Crippen MR) is 135 cm³/mol. The zero-order chi connectivity index (χ0) is 24.3. The van der Waals surface area contributed by atoms with Crippen LogP contribution in [0.15, 0.2) is 97.2 Å². The van der Waals surface area contributed by atoms with E-state index in [1.165, 1.54) is 18.2 Å². The molecule has 2 aliphatic rings. The third kappa shape index (κ3) is 3.71. The number of fused-ring (bicyclic) bond motifs is 6. The topological polar surface area (TPSA) is 70.7 Å². The van der Waals surface area contributed by atoms with Gasteiger partial charge in [0.05, 0.1) is 27.2 Å². The van der Waals surface area contributed by atoms with Crippen molar-refractivity contribution < 1.29 is 13.9 Å². The van der Waals surface area contributed by atoms with Crippen LogP contribution < -0.4 is 16.1 Å². The van der Waals surface area contributed by atoms with Crippen LogP contribution in [0.25, 0.3) is 17.0 Å². The SMILES string of the molecule is O=c1oc2c(c(=O)n1-c1ccc(Cl)c(Cl)c1)C1C=C(Oc3ccc(Br)cc3)OC1c1ccccc1-2. The molecule has 174 valence electrons. The van der Waals surface area contributed by atoms with E-state index >= 15 is 0 Å². The second-order valence-corrected chi connectivity index (χ2v) is 9.77. The van der Waals surface area contributed by atoms with Crippen molar-refractivity contribution in [3.05, 3.63) is 125 Å². The van der Waals surface area contributed by atoms with Crippen LogP contribution in [0.1, 0.15) is 23.1 Å². The van der Waals surface area contributed by atoms with Crippen LogP contribution in [-0.4, -0.2) is 4.57 Å². The van der Waals surface area contributed by atoms with Gasteiger partial charge < -0.3 is 13.9 Å². The molecule has 1 aliphatic carbocycles. The predicted octanol–water partition coefficient (Wildman–Crippen LogP) is 6.62. The first kappa shape index (κ1) is 22.2. The smallest absolute Gasteiger partial charge is 0.426 e. The number of benzene rings is 3. The number of hydrogen-bond donors (Lipinski definition) is 0. The molecule has 4 aromatic rings. The van der Waals surface area contributed by atoms with Crippen molar-refractivity contribution in [1.82, 2.24) is 4.57 Å². The third-order valence-electron chi connectivity index (χ3n) is 5.97. The highest BCUT2D eigenvalue weighted by Gasteiger charge is 2.43. The van der Waals surface area contributed by atoms with Crippen LogP contribution in [0, 0.1) is 0 Å². The second-order valence-electron chi connectivity index (χ2n) is 8.04. The molecule has 2 heterocycles. The van der Waals surface area contributed by atoms with Gasteiger partial charge in [0.1, 0.15) is 17.6 Å². The van der Waals surface area contributed by atoms with Crippen molar-refractivity contribution in [2.24, 2.45) is 0 Å². The lowest BCUT2D eigenvalue weighted by molar-refractivity contribution is 0.0599. The highest BCUT2D eigenvalue weighted by Crippen LogP contribution is 2.51. The van der Waals surface area contributed by atoms with E-state index in [2.05, 4.69) is 15.9 Å². The number of halogens is 3. The molecule has 6 nitrogen and oxygen atoms in total. The first-order chi connectivity index (χ1) is 16.9. The van der Waals surface area contributed by atoms with Gasteiger partial charge in [0.15, 0.2) is 0 Å². The van der Waals surface area contributed by atoms with Gasteiger partial charge in [0.2, 0.25) is 0 Å². The fourth-order valence-corrected chi connectivity index (χ4v) is 4.98. The average molecular weight is 571 g/mol. The Morgan fingerprint density at radius 2 is 1.71 bits per heavy atom. The molecular weight excluding hydrogens is 557 g/mol. The first-order valence-electron chi connectivity index (χ1n) is 10.6. The molecule has 0 fully saturated rings. The zero-order valence-electron chi connectivity index (χ0n) is 17.7.